The van der Waals surface area contributed by atoms with Crippen LogP contribution in [0.25, 0.3) is 5.76 Å². The van der Waals surface area contributed by atoms with Gasteiger partial charge in [-0.2, -0.15) is 0 Å². The molecule has 10 heteroatoms. The Morgan fingerprint density at radius 3 is 2.72 bits per heavy atom. The number of ether oxygens (including phenoxy) is 3. The lowest BCUT2D eigenvalue weighted by molar-refractivity contribution is -0.132. The maximum atomic E-state index is 13.5. The number of carbonyl (C=O) groups excluding carboxylic acids is 3. The monoisotopic (exact) mass is 548 g/mol. The maximum Gasteiger partial charge on any atom is 0.350 e. The third kappa shape index (κ3) is 4.76. The van der Waals surface area contributed by atoms with E-state index in [1.54, 1.807) is 56.3 Å². The van der Waals surface area contributed by atoms with Gasteiger partial charge in [0.05, 0.1) is 30.5 Å². The first-order chi connectivity index (χ1) is 18.7. The molecule has 1 fully saturated rings. The number of esters is 1. The minimum atomic E-state index is -1.01. The average molecular weight is 549 g/mol. The Kier molecular flexibility index (Phi) is 7.14. The molecule has 0 spiro atoms. The molecular weight excluding hydrogens is 520 g/mol. The van der Waals surface area contributed by atoms with Crippen molar-refractivity contribution >= 4 is 39.9 Å². The Morgan fingerprint density at radius 1 is 1.18 bits per heavy atom. The van der Waals surface area contributed by atoms with Crippen molar-refractivity contribution in [3.8, 4) is 11.5 Å². The Balaban J connectivity index is 1.67. The molecular formula is C29H28N2O7S. The predicted octanol–water partition coefficient (Wildman–Crippen LogP) is 4.98. The van der Waals surface area contributed by atoms with Gasteiger partial charge in [-0.15, -0.1) is 0 Å². The second-order valence-corrected chi connectivity index (χ2v) is 10.2. The molecule has 0 radical (unpaired) electrons. The number of thiazole rings is 1. The Hall–Kier alpha value is -4.18. The number of aliphatic hydroxyl groups is 1. The van der Waals surface area contributed by atoms with Crippen molar-refractivity contribution < 1.29 is 33.7 Å². The number of carbonyl (C=O) groups is 3. The number of hydrogen-bond donors (Lipinski definition) is 1. The highest BCUT2D eigenvalue weighted by molar-refractivity contribution is 7.17. The fourth-order valence-electron chi connectivity index (χ4n) is 4.88. The number of aromatic nitrogens is 1. The van der Waals surface area contributed by atoms with E-state index in [2.05, 4.69) is 4.98 Å². The minimum Gasteiger partial charge on any atom is -0.507 e. The Bertz CT molecular complexity index is 1510. The van der Waals surface area contributed by atoms with Gasteiger partial charge in [-0.1, -0.05) is 23.5 Å². The molecule has 3 aromatic rings. The molecule has 2 aliphatic heterocycles. The number of fused-ring (bicyclic) bond motifs is 1. The summed E-state index contributed by atoms with van der Waals surface area (Å²) in [6, 6.07) is 11.2. The van der Waals surface area contributed by atoms with Crippen molar-refractivity contribution in [2.24, 2.45) is 0 Å². The number of Topliss-reactive ketones (excluding diaryl/α,β-unsaturated/α-hetero) is 1. The van der Waals surface area contributed by atoms with Gasteiger partial charge in [0.1, 0.15) is 28.2 Å². The van der Waals surface area contributed by atoms with E-state index in [0.717, 1.165) is 22.6 Å². The molecule has 1 saturated heterocycles. The molecule has 1 aromatic heterocycles. The van der Waals surface area contributed by atoms with E-state index in [4.69, 9.17) is 14.2 Å². The maximum absolute atomic E-state index is 13.5. The number of aliphatic hydroxyl groups excluding tert-OH is 1. The van der Waals surface area contributed by atoms with Crippen molar-refractivity contribution in [1.29, 1.82) is 0 Å². The van der Waals surface area contributed by atoms with Crippen LogP contribution in [0.4, 0.5) is 5.13 Å². The smallest absolute Gasteiger partial charge is 0.350 e. The van der Waals surface area contributed by atoms with Gasteiger partial charge in [-0.25, -0.2) is 9.78 Å². The van der Waals surface area contributed by atoms with Crippen LogP contribution in [0.2, 0.25) is 0 Å². The van der Waals surface area contributed by atoms with Gasteiger partial charge in [-0.05, 0) is 69.2 Å². The molecule has 3 heterocycles. The van der Waals surface area contributed by atoms with Crippen molar-refractivity contribution in [3.05, 3.63) is 75.3 Å². The van der Waals surface area contributed by atoms with E-state index >= 15 is 0 Å². The van der Waals surface area contributed by atoms with Gasteiger partial charge in [-0.3, -0.25) is 14.5 Å². The van der Waals surface area contributed by atoms with Crippen LogP contribution in [0.5, 0.6) is 11.5 Å². The highest BCUT2D eigenvalue weighted by Crippen LogP contribution is 2.45. The first-order valence-electron chi connectivity index (χ1n) is 12.7. The van der Waals surface area contributed by atoms with Gasteiger partial charge in [0.2, 0.25) is 0 Å². The van der Waals surface area contributed by atoms with Crippen molar-refractivity contribution in [3.63, 3.8) is 0 Å². The molecule has 2 aromatic carbocycles. The van der Waals surface area contributed by atoms with Crippen molar-refractivity contribution in [1.82, 2.24) is 4.98 Å². The molecule has 39 heavy (non-hydrogen) atoms. The van der Waals surface area contributed by atoms with Gasteiger partial charge in [0.25, 0.3) is 5.78 Å². The Labute approximate surface area is 229 Å². The van der Waals surface area contributed by atoms with Gasteiger partial charge < -0.3 is 19.3 Å². The van der Waals surface area contributed by atoms with Crippen LogP contribution in [0.15, 0.2) is 48.0 Å². The molecule has 202 valence electrons. The Morgan fingerprint density at radius 2 is 1.97 bits per heavy atom. The normalized spacial score (nSPS) is 19.6. The topological polar surface area (TPSA) is 115 Å². The quantitative estimate of drug-likeness (QED) is 0.190. The van der Waals surface area contributed by atoms with Gasteiger partial charge in [0, 0.05) is 12.0 Å². The summed E-state index contributed by atoms with van der Waals surface area (Å²) in [4.78, 5) is 45.5. The first kappa shape index (κ1) is 26.4. The third-order valence-corrected chi connectivity index (χ3v) is 7.69. The van der Waals surface area contributed by atoms with Crippen LogP contribution in [-0.4, -0.2) is 47.1 Å². The minimum absolute atomic E-state index is 0.00557. The van der Waals surface area contributed by atoms with E-state index in [1.807, 2.05) is 13.8 Å². The second kappa shape index (κ2) is 10.5. The molecule has 0 aliphatic carbocycles. The van der Waals surface area contributed by atoms with E-state index in [0.29, 0.717) is 35.6 Å². The number of ketones is 1. The standard InChI is InChI=1S/C29H28N2O7S/c1-5-36-20-9-7-8-17(14-20)23-22(24(32)18-10-11-21-19(13-18)12-15(3)38-21)25(33)27(34)31(23)29-30-16(4)26(39-29)28(35)37-6-2/h7-11,13-15,23,32H,5-6,12H2,1-4H3/b24-22+/t15-,23-/m0/s1. The zero-order chi connectivity index (χ0) is 27.8. The lowest BCUT2D eigenvalue weighted by Gasteiger charge is -2.23. The number of aryl methyl sites for hydroxylation is 1. The first-order valence-corrected chi connectivity index (χ1v) is 13.5. The number of benzene rings is 2. The predicted molar refractivity (Wildman–Crippen MR) is 145 cm³/mol. The molecule has 0 unspecified atom stereocenters. The van der Waals surface area contributed by atoms with Crippen molar-refractivity contribution in [2.75, 3.05) is 18.1 Å². The third-order valence-electron chi connectivity index (χ3n) is 6.55. The number of amides is 1. The summed E-state index contributed by atoms with van der Waals surface area (Å²) >= 11 is 0.965. The van der Waals surface area contributed by atoms with Crippen LogP contribution in [0, 0.1) is 6.92 Å². The zero-order valence-electron chi connectivity index (χ0n) is 22.0. The van der Waals surface area contributed by atoms with Crippen LogP contribution in [0.3, 0.4) is 0 Å². The largest absolute Gasteiger partial charge is 0.507 e. The lowest BCUT2D eigenvalue weighted by Crippen LogP contribution is -2.29. The van der Waals surface area contributed by atoms with E-state index in [9.17, 15) is 19.5 Å². The summed E-state index contributed by atoms with van der Waals surface area (Å²) in [7, 11) is 0. The summed E-state index contributed by atoms with van der Waals surface area (Å²) in [6.07, 6.45) is 0.672. The van der Waals surface area contributed by atoms with E-state index < -0.39 is 23.7 Å². The summed E-state index contributed by atoms with van der Waals surface area (Å²) < 4.78 is 16.6. The summed E-state index contributed by atoms with van der Waals surface area (Å²) in [6.45, 7) is 7.76. The molecule has 2 aliphatic rings. The van der Waals surface area contributed by atoms with Crippen LogP contribution < -0.4 is 14.4 Å². The number of rotatable bonds is 7. The fourth-order valence-corrected chi connectivity index (χ4v) is 5.87. The number of anilines is 1. The average Bonchev–Trinajstić information content (AvgIpc) is 3.56. The molecule has 2 atom stereocenters. The molecule has 9 nitrogen and oxygen atoms in total. The lowest BCUT2D eigenvalue weighted by atomic mass is 9.94. The second-order valence-electron chi connectivity index (χ2n) is 9.26. The van der Waals surface area contributed by atoms with Gasteiger partial charge in [0.15, 0.2) is 5.13 Å². The molecule has 5 rings (SSSR count). The van der Waals surface area contributed by atoms with Crippen molar-refractivity contribution in [2.45, 2.75) is 46.3 Å². The number of hydrogen-bond acceptors (Lipinski definition) is 9. The summed E-state index contributed by atoms with van der Waals surface area (Å²) in [5.74, 6) is -1.29. The van der Waals surface area contributed by atoms with Crippen LogP contribution in [0.1, 0.15) is 58.9 Å². The molecule has 1 amide bonds. The molecule has 0 bridgehead atoms. The fraction of sp³-hybridized carbons (Fsp3) is 0.310. The SMILES string of the molecule is CCOC(=O)c1sc(N2C(=O)C(=O)/C(=C(/O)c3ccc4c(c3)C[C@H](C)O4)[C@@H]2c2cccc(OCC)c2)nc1C. The summed E-state index contributed by atoms with van der Waals surface area (Å²) in [5.41, 5.74) is 2.16. The number of nitrogens with zero attached hydrogens (tertiary/aromatic N) is 2. The van der Waals surface area contributed by atoms with Crippen LogP contribution in [-0.2, 0) is 20.7 Å². The van der Waals surface area contributed by atoms with Gasteiger partial charge >= 0.3 is 11.9 Å². The zero-order valence-corrected chi connectivity index (χ0v) is 22.8. The highest BCUT2D eigenvalue weighted by atomic mass is 32.1. The van der Waals surface area contributed by atoms with E-state index in [1.165, 1.54) is 4.90 Å². The summed E-state index contributed by atoms with van der Waals surface area (Å²) in [5, 5.41) is 11.7. The van der Waals surface area contributed by atoms with E-state index in [-0.39, 0.29) is 34.1 Å². The van der Waals surface area contributed by atoms with Crippen LogP contribution >= 0.6 is 11.3 Å². The highest BCUT2D eigenvalue weighted by Gasteiger charge is 2.48. The molecule has 0 saturated carbocycles. The molecule has 1 N–H and O–H groups in total.